The van der Waals surface area contributed by atoms with Gasteiger partial charge in [-0.1, -0.05) is 0 Å². The third kappa shape index (κ3) is 171. The van der Waals surface area contributed by atoms with E-state index in [1.807, 2.05) is 0 Å². The van der Waals surface area contributed by atoms with Gasteiger partial charge in [0.1, 0.15) is 0 Å². The molecule has 0 fully saturated rings. The molecule has 0 aromatic heterocycles. The Bertz CT molecular complexity index is 42.6. The third-order valence-electron chi connectivity index (χ3n) is 0. The summed E-state index contributed by atoms with van der Waals surface area (Å²) in [6, 6.07) is 0. The summed E-state index contributed by atoms with van der Waals surface area (Å²) in [5.74, 6) is 0. The fourth-order valence-corrected chi connectivity index (χ4v) is 0. The van der Waals surface area contributed by atoms with Crippen LogP contribution in [-0.2, 0) is 0 Å². The van der Waals surface area contributed by atoms with Crippen molar-refractivity contribution in [2.75, 3.05) is 0 Å². The first-order valence-corrected chi connectivity index (χ1v) is 29.5. The molecule has 0 aromatic rings. The summed E-state index contributed by atoms with van der Waals surface area (Å²) >= 11 is -4.94. The molecule has 6 radical (unpaired) electrons. The first-order valence-electron chi connectivity index (χ1n) is 1.89. The zero-order valence-corrected chi connectivity index (χ0v) is 21.7. The molecular weight excluding hydrogens is 645 g/mol. The van der Waals surface area contributed by atoms with Crippen LogP contribution in [0.15, 0.2) is 0 Å². The molecular formula is Cl10Ge4. The van der Waals surface area contributed by atoms with E-state index in [2.05, 4.69) is 0 Å². The average molecular weight is 645 g/mol. The molecule has 0 nitrogen and oxygen atoms in total. The van der Waals surface area contributed by atoms with E-state index < -0.39 is 50.3 Å². The molecule has 0 saturated carbocycles. The first kappa shape index (κ1) is 27.4. The van der Waals surface area contributed by atoms with E-state index in [4.69, 9.17) is 100 Å². The van der Waals surface area contributed by atoms with E-state index in [0.717, 1.165) is 0 Å². The van der Waals surface area contributed by atoms with Gasteiger partial charge in [0, 0.05) is 0 Å². The normalized spacial score (nSPS) is 7.71. The summed E-state index contributed by atoms with van der Waals surface area (Å²) in [7, 11) is 49.4. The van der Waals surface area contributed by atoms with E-state index in [0.29, 0.717) is 0 Å². The predicted molar refractivity (Wildman–Crippen MR) is 81.5 cm³/mol. The van der Waals surface area contributed by atoms with E-state index in [-0.39, 0.29) is 0 Å². The fourth-order valence-electron chi connectivity index (χ4n) is 0. The van der Waals surface area contributed by atoms with Crippen molar-refractivity contribution in [1.82, 2.24) is 0 Å². The van der Waals surface area contributed by atoms with Gasteiger partial charge in [0.25, 0.3) is 0 Å². The van der Waals surface area contributed by atoms with Crippen molar-refractivity contribution in [3.05, 3.63) is 0 Å². The van der Waals surface area contributed by atoms with E-state index >= 15 is 0 Å². The fraction of sp³-hybridized carbons (Fsp3) is 0. The van der Waals surface area contributed by atoms with E-state index in [1.54, 1.807) is 0 Å². The standard InChI is InChI=1S/2Cl3Ge.2Cl2Ge/c2*1-4(2)3;2*1-3-2. The van der Waals surface area contributed by atoms with Gasteiger partial charge >= 0.3 is 150 Å². The van der Waals surface area contributed by atoms with Crippen LogP contribution in [0.1, 0.15) is 0 Å². The van der Waals surface area contributed by atoms with Crippen LogP contribution in [0.25, 0.3) is 0 Å². The molecule has 0 bridgehead atoms. The Morgan fingerprint density at radius 2 is 0.500 bits per heavy atom. The van der Waals surface area contributed by atoms with Crippen molar-refractivity contribution < 1.29 is 0 Å². The van der Waals surface area contributed by atoms with E-state index in [1.165, 1.54) is 0 Å². The summed E-state index contributed by atoms with van der Waals surface area (Å²) in [5, 5.41) is 0. The minimum absolute atomic E-state index is 0.556. The van der Waals surface area contributed by atoms with Crippen LogP contribution in [0.2, 0.25) is 0 Å². The van der Waals surface area contributed by atoms with Gasteiger partial charge in [0.2, 0.25) is 0 Å². The van der Waals surface area contributed by atoms with Crippen LogP contribution in [0, 0.1) is 0 Å². The Hall–Kier alpha value is 5.07. The molecule has 0 aromatic carbocycles. The topological polar surface area (TPSA) is 0 Å². The minimum atomic E-state index is -1.92. The van der Waals surface area contributed by atoms with Crippen LogP contribution in [0.4, 0.5) is 0 Å². The molecule has 14 heteroatoms. The van der Waals surface area contributed by atoms with Crippen LogP contribution in [0.5, 0.6) is 0 Å². The van der Waals surface area contributed by atoms with Crippen LogP contribution >= 0.6 is 100 Å². The van der Waals surface area contributed by atoms with Crippen molar-refractivity contribution in [3.63, 3.8) is 0 Å². The summed E-state index contributed by atoms with van der Waals surface area (Å²) in [5.41, 5.74) is 0. The van der Waals surface area contributed by atoms with Crippen molar-refractivity contribution in [1.29, 1.82) is 0 Å². The average Bonchev–Trinajstić information content (AvgIpc) is 1.85. The quantitative estimate of drug-likeness (QED) is 0.311. The Balaban J connectivity index is -0.0000000482. The van der Waals surface area contributed by atoms with E-state index in [9.17, 15) is 0 Å². The summed E-state index contributed by atoms with van der Waals surface area (Å²) in [4.78, 5) is 0. The summed E-state index contributed by atoms with van der Waals surface area (Å²) in [6.45, 7) is 0. The summed E-state index contributed by atoms with van der Waals surface area (Å²) < 4.78 is 0. The number of halogens is 10. The molecule has 0 atom stereocenters. The maximum absolute atomic E-state index is 4.97. The van der Waals surface area contributed by atoms with Gasteiger partial charge in [0.05, 0.1) is 0 Å². The second-order valence-corrected chi connectivity index (χ2v) is 26.7. The third-order valence-corrected chi connectivity index (χ3v) is 0. The molecule has 0 spiro atoms. The van der Waals surface area contributed by atoms with Gasteiger partial charge in [-0.3, -0.25) is 0 Å². The molecule has 0 saturated heterocycles. The van der Waals surface area contributed by atoms with Gasteiger partial charge < -0.3 is 0 Å². The zero-order valence-electron chi connectivity index (χ0n) is 5.78. The van der Waals surface area contributed by atoms with Gasteiger partial charge in [-0.15, -0.1) is 0 Å². The Morgan fingerprint density at radius 3 is 0.500 bits per heavy atom. The zero-order chi connectivity index (χ0) is 12.6. The molecule has 0 N–H and O–H groups in total. The summed E-state index contributed by atoms with van der Waals surface area (Å²) in [6.07, 6.45) is 0. The monoisotopic (exact) mass is 645 g/mol. The molecule has 0 rings (SSSR count). The molecule has 0 amide bonds. The molecule has 0 heterocycles. The van der Waals surface area contributed by atoms with Crippen molar-refractivity contribution in [2.24, 2.45) is 0 Å². The van der Waals surface area contributed by atoms with Gasteiger partial charge in [-0.05, 0) is 0 Å². The van der Waals surface area contributed by atoms with Crippen molar-refractivity contribution in [2.45, 2.75) is 0 Å². The Labute approximate surface area is 147 Å². The number of hydrogen-bond donors (Lipinski definition) is 0. The second kappa shape index (κ2) is 30.8. The molecule has 86 valence electrons. The van der Waals surface area contributed by atoms with Gasteiger partial charge in [-0.25, -0.2) is 0 Å². The maximum atomic E-state index is 4.97. The van der Waals surface area contributed by atoms with Crippen LogP contribution < -0.4 is 0 Å². The van der Waals surface area contributed by atoms with Crippen LogP contribution in [-0.4, -0.2) is 50.3 Å². The van der Waals surface area contributed by atoms with Crippen molar-refractivity contribution in [3.8, 4) is 0 Å². The Kier molecular flexibility index (Phi) is 60.4. The molecule has 0 aliphatic rings. The van der Waals surface area contributed by atoms with Gasteiger partial charge in [0.15, 0.2) is 0 Å². The number of rotatable bonds is 0. The van der Waals surface area contributed by atoms with Gasteiger partial charge in [-0.2, -0.15) is 0 Å². The first-order chi connectivity index (χ1) is 6.29. The number of hydrogen-bond acceptors (Lipinski definition) is 0. The van der Waals surface area contributed by atoms with Crippen LogP contribution in [0.3, 0.4) is 0 Å². The second-order valence-electron chi connectivity index (χ2n) is 0.571. The molecule has 0 aliphatic carbocycles. The SMILES string of the molecule is [Cl][Ge]([Cl])[Cl].[Cl][Ge]([Cl])[Cl].[Cl][Ge][Cl].[Cl][Ge][Cl]. The predicted octanol–water partition coefficient (Wildman–Crippen LogP) is 5.37. The molecule has 14 heavy (non-hydrogen) atoms. The Morgan fingerprint density at radius 1 is 0.500 bits per heavy atom. The van der Waals surface area contributed by atoms with Crippen molar-refractivity contribution >= 4 is 150 Å². The molecule has 0 aliphatic heterocycles. The molecule has 0 unspecified atom stereocenters.